The Morgan fingerprint density at radius 2 is 1.40 bits per heavy atom. The van der Waals surface area contributed by atoms with Crippen LogP contribution in [-0.4, -0.2) is 40.6 Å². The lowest BCUT2D eigenvalue weighted by atomic mass is 10.2. The van der Waals surface area contributed by atoms with Crippen LogP contribution in [0.25, 0.3) is 0 Å². The van der Waals surface area contributed by atoms with Gasteiger partial charge in [-0.3, -0.25) is 0 Å². The first-order chi connectivity index (χ1) is 13.8. The Morgan fingerprint density at radius 1 is 0.967 bits per heavy atom. The van der Waals surface area contributed by atoms with Gasteiger partial charge in [-0.15, -0.1) is 0 Å². The zero-order valence-electron chi connectivity index (χ0n) is 18.6. The van der Waals surface area contributed by atoms with E-state index in [1.165, 1.54) is 6.07 Å². The van der Waals surface area contributed by atoms with Gasteiger partial charge >= 0.3 is 12.2 Å². The molecule has 0 radical (unpaired) electrons. The second kappa shape index (κ2) is 10.7. The molecule has 1 aliphatic carbocycles. The van der Waals surface area contributed by atoms with Gasteiger partial charge in [-0.05, 0) is 72.9 Å². The van der Waals surface area contributed by atoms with Crippen molar-refractivity contribution in [3.8, 4) is 11.8 Å². The normalized spacial score (nSPS) is 18.3. The minimum absolute atomic E-state index is 0.0276. The molecule has 30 heavy (non-hydrogen) atoms. The van der Waals surface area contributed by atoms with Crippen molar-refractivity contribution in [2.75, 3.05) is 0 Å². The van der Waals surface area contributed by atoms with Crippen molar-refractivity contribution in [2.45, 2.75) is 84.1 Å². The fourth-order valence-corrected chi connectivity index (χ4v) is 2.76. The Kier molecular flexibility index (Phi) is 8.96. The molecule has 1 aromatic rings. The van der Waals surface area contributed by atoms with E-state index in [0.29, 0.717) is 12.0 Å². The summed E-state index contributed by atoms with van der Waals surface area (Å²) in [4.78, 5) is 23.4. The van der Waals surface area contributed by atoms with Gasteiger partial charge in [-0.2, -0.15) is 5.26 Å². The average molecular weight is 420 g/mol. The number of nitrogens with zero attached hydrogens (tertiary/aromatic N) is 1. The number of hydrogen-bond donors (Lipinski definition) is 3. The third-order valence-corrected chi connectivity index (χ3v) is 3.90. The Bertz CT molecular complexity index is 723. The van der Waals surface area contributed by atoms with Crippen LogP contribution in [0.2, 0.25) is 0 Å². The quantitative estimate of drug-likeness (QED) is 0.660. The van der Waals surface area contributed by atoms with Gasteiger partial charge in [0.2, 0.25) is 0 Å². The number of carbonyl (C=O) groups is 2. The second-order valence-electron chi connectivity index (χ2n) is 9.13. The molecule has 1 aliphatic rings. The molecule has 1 fully saturated rings. The van der Waals surface area contributed by atoms with Gasteiger partial charge in [0.05, 0.1) is 5.56 Å². The van der Waals surface area contributed by atoms with Crippen LogP contribution in [-0.2, 0) is 9.47 Å². The van der Waals surface area contributed by atoms with E-state index in [9.17, 15) is 9.59 Å². The first-order valence-corrected chi connectivity index (χ1v) is 9.96. The molecule has 8 nitrogen and oxygen atoms in total. The number of phenolic OH excluding ortho intramolecular Hbond substituents is 1. The SMILES string of the molecule is CC(C)(C)OC(=O)NC1CCC(NC(=O)OC(C)(C)C)C1.N#Cc1ccccc1O. The van der Waals surface area contributed by atoms with E-state index in [-0.39, 0.29) is 17.8 Å². The van der Waals surface area contributed by atoms with Gasteiger partial charge in [0.15, 0.2) is 0 Å². The minimum atomic E-state index is -0.503. The van der Waals surface area contributed by atoms with Crippen LogP contribution in [0, 0.1) is 11.3 Å². The van der Waals surface area contributed by atoms with E-state index in [1.54, 1.807) is 18.2 Å². The van der Waals surface area contributed by atoms with Crippen molar-refractivity contribution in [1.82, 2.24) is 10.6 Å². The Morgan fingerprint density at radius 3 is 1.73 bits per heavy atom. The summed E-state index contributed by atoms with van der Waals surface area (Å²) < 4.78 is 10.4. The largest absolute Gasteiger partial charge is 0.507 e. The summed E-state index contributed by atoms with van der Waals surface area (Å²) in [5.41, 5.74) is -0.689. The molecule has 0 saturated heterocycles. The summed E-state index contributed by atoms with van der Waals surface area (Å²) in [5.74, 6) is 0.0417. The van der Waals surface area contributed by atoms with Crippen LogP contribution in [0.4, 0.5) is 9.59 Å². The van der Waals surface area contributed by atoms with Crippen molar-refractivity contribution in [1.29, 1.82) is 5.26 Å². The minimum Gasteiger partial charge on any atom is -0.507 e. The Hall–Kier alpha value is -2.95. The molecule has 0 bridgehead atoms. The van der Waals surface area contributed by atoms with Crippen molar-refractivity contribution in [2.24, 2.45) is 0 Å². The predicted molar refractivity (Wildman–Crippen MR) is 113 cm³/mol. The number of phenols is 1. The van der Waals surface area contributed by atoms with Crippen LogP contribution in [0.5, 0.6) is 5.75 Å². The van der Waals surface area contributed by atoms with E-state index in [4.69, 9.17) is 19.8 Å². The number of nitrogens with one attached hydrogen (secondary N) is 2. The second-order valence-corrected chi connectivity index (χ2v) is 9.13. The predicted octanol–water partition coefficient (Wildman–Crippen LogP) is 4.22. The molecular formula is C22H33N3O5. The number of amides is 2. The number of hydrogen-bond acceptors (Lipinski definition) is 6. The molecule has 2 amide bonds. The van der Waals surface area contributed by atoms with E-state index >= 15 is 0 Å². The van der Waals surface area contributed by atoms with Gasteiger partial charge in [0.25, 0.3) is 0 Å². The lowest BCUT2D eigenvalue weighted by molar-refractivity contribution is 0.0503. The van der Waals surface area contributed by atoms with E-state index in [0.717, 1.165) is 12.8 Å². The molecule has 2 atom stereocenters. The van der Waals surface area contributed by atoms with Gasteiger partial charge < -0.3 is 25.2 Å². The highest BCUT2D eigenvalue weighted by atomic mass is 16.6. The fourth-order valence-electron chi connectivity index (χ4n) is 2.76. The molecule has 3 N–H and O–H groups in total. The maximum atomic E-state index is 11.7. The highest BCUT2D eigenvalue weighted by Crippen LogP contribution is 2.20. The number of para-hydroxylation sites is 1. The summed E-state index contributed by atoms with van der Waals surface area (Å²) in [6.45, 7) is 11.0. The molecule has 1 aromatic carbocycles. The van der Waals surface area contributed by atoms with Crippen LogP contribution in [0.15, 0.2) is 24.3 Å². The summed E-state index contributed by atoms with van der Waals surface area (Å²) >= 11 is 0. The zero-order chi connectivity index (χ0) is 22.9. The highest BCUT2D eigenvalue weighted by molar-refractivity contribution is 5.69. The zero-order valence-corrected chi connectivity index (χ0v) is 18.6. The number of rotatable bonds is 2. The van der Waals surface area contributed by atoms with E-state index in [2.05, 4.69) is 10.6 Å². The first kappa shape index (κ1) is 25.1. The molecule has 0 aromatic heterocycles. The van der Waals surface area contributed by atoms with Crippen LogP contribution in [0.3, 0.4) is 0 Å². The van der Waals surface area contributed by atoms with Crippen LogP contribution in [0.1, 0.15) is 66.4 Å². The summed E-state index contributed by atoms with van der Waals surface area (Å²) in [6, 6.07) is 8.33. The van der Waals surface area contributed by atoms with Gasteiger partial charge in [-0.25, -0.2) is 9.59 Å². The smallest absolute Gasteiger partial charge is 0.407 e. The lowest BCUT2D eigenvalue weighted by Crippen LogP contribution is -2.41. The maximum absolute atomic E-state index is 11.7. The van der Waals surface area contributed by atoms with Crippen LogP contribution < -0.4 is 10.6 Å². The number of benzene rings is 1. The van der Waals surface area contributed by atoms with E-state index in [1.807, 2.05) is 47.6 Å². The lowest BCUT2D eigenvalue weighted by Gasteiger charge is -2.22. The van der Waals surface area contributed by atoms with Crippen molar-refractivity contribution >= 4 is 12.2 Å². The topological polar surface area (TPSA) is 121 Å². The number of aromatic hydroxyl groups is 1. The van der Waals surface area contributed by atoms with Crippen molar-refractivity contribution in [3.05, 3.63) is 29.8 Å². The van der Waals surface area contributed by atoms with Crippen molar-refractivity contribution in [3.63, 3.8) is 0 Å². The molecule has 2 rings (SSSR count). The monoisotopic (exact) mass is 419 g/mol. The Balaban J connectivity index is 0.000000414. The maximum Gasteiger partial charge on any atom is 0.407 e. The average Bonchev–Trinajstić information content (AvgIpc) is 2.98. The molecule has 166 valence electrons. The number of alkyl carbamates (subject to hydrolysis) is 2. The van der Waals surface area contributed by atoms with Crippen LogP contribution >= 0.6 is 0 Å². The van der Waals surface area contributed by atoms with Gasteiger partial charge in [0, 0.05) is 12.1 Å². The first-order valence-electron chi connectivity index (χ1n) is 9.96. The number of carbonyl (C=O) groups excluding carboxylic acids is 2. The van der Waals surface area contributed by atoms with E-state index < -0.39 is 23.4 Å². The molecule has 2 unspecified atom stereocenters. The van der Waals surface area contributed by atoms with Gasteiger partial charge in [-0.1, -0.05) is 12.1 Å². The summed E-state index contributed by atoms with van der Waals surface area (Å²) in [6.07, 6.45) is 1.51. The molecule has 0 spiro atoms. The molecule has 8 heteroatoms. The standard InChI is InChI=1S/C15H28N2O4.C7H5NO/c1-14(2,3)20-12(18)16-10-7-8-11(9-10)17-13(19)21-15(4,5)6;8-5-6-3-1-2-4-7(6)9/h10-11H,7-9H2,1-6H3,(H,16,18)(H,17,19);1-4,9H. The number of ether oxygens (including phenoxy) is 2. The fraction of sp³-hybridized carbons (Fsp3) is 0.591. The molecular weight excluding hydrogens is 386 g/mol. The van der Waals surface area contributed by atoms with Gasteiger partial charge in [0.1, 0.15) is 23.0 Å². The summed E-state index contributed by atoms with van der Waals surface area (Å²) in [5, 5.41) is 22.9. The third kappa shape index (κ3) is 10.6. The Labute approximate surface area is 178 Å². The highest BCUT2D eigenvalue weighted by Gasteiger charge is 2.29. The molecule has 0 heterocycles. The molecule has 1 saturated carbocycles. The number of nitriles is 1. The summed E-state index contributed by atoms with van der Waals surface area (Å²) in [7, 11) is 0. The van der Waals surface area contributed by atoms with Crippen molar-refractivity contribution < 1.29 is 24.2 Å². The molecule has 0 aliphatic heterocycles. The third-order valence-electron chi connectivity index (χ3n) is 3.90.